The van der Waals surface area contributed by atoms with Crippen molar-refractivity contribution >= 4 is 5.96 Å². The standard InChI is InChI=1S/C22H36N4O/c1-22(2,3)20-7-5-18(6-8-20)15-24-21(23-4)26-10-9-19(17-26)16-25-11-13-27-14-12-25/h5-8,19H,9-17H2,1-4H3,(H,23,24). The summed E-state index contributed by atoms with van der Waals surface area (Å²) in [6, 6.07) is 8.94. The second-order valence-corrected chi connectivity index (χ2v) is 8.86. The van der Waals surface area contributed by atoms with E-state index in [4.69, 9.17) is 4.74 Å². The first kappa shape index (κ1) is 20.2. The molecule has 2 fully saturated rings. The van der Waals surface area contributed by atoms with E-state index in [1.807, 2.05) is 7.05 Å². The van der Waals surface area contributed by atoms with Crippen LogP contribution in [-0.4, -0.2) is 68.7 Å². The van der Waals surface area contributed by atoms with Gasteiger partial charge in [-0.25, -0.2) is 0 Å². The third-order valence-electron chi connectivity index (χ3n) is 5.69. The molecule has 27 heavy (non-hydrogen) atoms. The lowest BCUT2D eigenvalue weighted by atomic mass is 9.87. The van der Waals surface area contributed by atoms with Gasteiger partial charge in [0.2, 0.25) is 0 Å². The SMILES string of the molecule is CN=C(NCc1ccc(C(C)(C)C)cc1)N1CCC(CN2CCOCC2)C1. The van der Waals surface area contributed by atoms with E-state index in [1.165, 1.54) is 24.1 Å². The summed E-state index contributed by atoms with van der Waals surface area (Å²) in [5.74, 6) is 1.76. The van der Waals surface area contributed by atoms with Crippen LogP contribution in [0.1, 0.15) is 38.3 Å². The Kier molecular flexibility index (Phi) is 6.77. The molecule has 150 valence electrons. The maximum atomic E-state index is 5.46. The van der Waals surface area contributed by atoms with Crippen LogP contribution < -0.4 is 5.32 Å². The Morgan fingerprint density at radius 2 is 1.85 bits per heavy atom. The van der Waals surface area contributed by atoms with Crippen molar-refractivity contribution in [3.05, 3.63) is 35.4 Å². The van der Waals surface area contributed by atoms with Gasteiger partial charge in [0.15, 0.2) is 5.96 Å². The number of morpholine rings is 1. The number of hydrogen-bond acceptors (Lipinski definition) is 3. The third-order valence-corrected chi connectivity index (χ3v) is 5.69. The average Bonchev–Trinajstić information content (AvgIpc) is 3.11. The van der Waals surface area contributed by atoms with E-state index in [0.29, 0.717) is 0 Å². The predicted molar refractivity (Wildman–Crippen MR) is 112 cm³/mol. The number of benzene rings is 1. The van der Waals surface area contributed by atoms with E-state index in [0.717, 1.165) is 57.8 Å². The Morgan fingerprint density at radius 3 is 2.48 bits per heavy atom. The van der Waals surface area contributed by atoms with Crippen molar-refractivity contribution in [1.82, 2.24) is 15.1 Å². The molecule has 0 radical (unpaired) electrons. The smallest absolute Gasteiger partial charge is 0.193 e. The summed E-state index contributed by atoms with van der Waals surface area (Å²) < 4.78 is 5.46. The zero-order valence-electron chi connectivity index (χ0n) is 17.5. The minimum atomic E-state index is 0.201. The molecule has 0 aromatic heterocycles. The maximum absolute atomic E-state index is 5.46. The van der Waals surface area contributed by atoms with Gasteiger partial charge >= 0.3 is 0 Å². The first-order chi connectivity index (χ1) is 13.0. The van der Waals surface area contributed by atoms with Crippen LogP contribution in [0.3, 0.4) is 0 Å². The Hall–Kier alpha value is -1.59. The first-order valence-corrected chi connectivity index (χ1v) is 10.3. The molecule has 2 heterocycles. The van der Waals surface area contributed by atoms with E-state index in [9.17, 15) is 0 Å². The molecule has 1 aromatic rings. The highest BCUT2D eigenvalue weighted by molar-refractivity contribution is 5.80. The number of guanidine groups is 1. The maximum Gasteiger partial charge on any atom is 0.193 e. The lowest BCUT2D eigenvalue weighted by Crippen LogP contribution is -2.42. The Bertz CT molecular complexity index is 614. The Labute approximate surface area is 164 Å². The number of likely N-dealkylation sites (tertiary alicyclic amines) is 1. The van der Waals surface area contributed by atoms with E-state index in [2.05, 4.69) is 65.1 Å². The highest BCUT2D eigenvalue weighted by Gasteiger charge is 2.27. The highest BCUT2D eigenvalue weighted by Crippen LogP contribution is 2.22. The van der Waals surface area contributed by atoms with Gasteiger partial charge in [-0.2, -0.15) is 0 Å². The number of hydrogen-bond donors (Lipinski definition) is 1. The molecule has 1 aromatic carbocycles. The van der Waals surface area contributed by atoms with Crippen molar-refractivity contribution in [3.63, 3.8) is 0 Å². The monoisotopic (exact) mass is 372 g/mol. The van der Waals surface area contributed by atoms with Crippen LogP contribution in [0.15, 0.2) is 29.3 Å². The van der Waals surface area contributed by atoms with Crippen LogP contribution in [0.25, 0.3) is 0 Å². The van der Waals surface area contributed by atoms with E-state index < -0.39 is 0 Å². The van der Waals surface area contributed by atoms with Crippen LogP contribution in [0.5, 0.6) is 0 Å². The number of ether oxygens (including phenoxy) is 1. The zero-order chi connectivity index (χ0) is 19.3. The van der Waals surface area contributed by atoms with Gasteiger partial charge in [0.05, 0.1) is 13.2 Å². The van der Waals surface area contributed by atoms with Gasteiger partial charge in [0, 0.05) is 46.3 Å². The molecule has 0 bridgehead atoms. The van der Waals surface area contributed by atoms with Crippen LogP contribution >= 0.6 is 0 Å². The second-order valence-electron chi connectivity index (χ2n) is 8.86. The summed E-state index contributed by atoms with van der Waals surface area (Å²) in [5.41, 5.74) is 2.88. The molecular formula is C22H36N4O. The van der Waals surface area contributed by atoms with E-state index >= 15 is 0 Å². The average molecular weight is 373 g/mol. The van der Waals surface area contributed by atoms with Crippen LogP contribution in [0.2, 0.25) is 0 Å². The molecule has 2 saturated heterocycles. The molecule has 5 heteroatoms. The molecule has 1 N–H and O–H groups in total. The number of nitrogens with one attached hydrogen (secondary N) is 1. The van der Waals surface area contributed by atoms with Crippen LogP contribution in [0.4, 0.5) is 0 Å². The normalized spacial score (nSPS) is 22.3. The Balaban J connectivity index is 1.48. The van der Waals surface area contributed by atoms with Crippen molar-refractivity contribution in [2.45, 2.75) is 39.2 Å². The van der Waals surface area contributed by atoms with Gasteiger partial charge < -0.3 is 15.0 Å². The summed E-state index contributed by atoms with van der Waals surface area (Å²) in [6.45, 7) is 14.9. The first-order valence-electron chi connectivity index (χ1n) is 10.3. The van der Waals surface area contributed by atoms with Crippen molar-refractivity contribution in [2.75, 3.05) is 53.0 Å². The fourth-order valence-electron chi connectivity index (χ4n) is 3.96. The number of aliphatic imine (C=N–C) groups is 1. The van der Waals surface area contributed by atoms with Gasteiger partial charge in [-0.15, -0.1) is 0 Å². The minimum Gasteiger partial charge on any atom is -0.379 e. The lowest BCUT2D eigenvalue weighted by Gasteiger charge is -2.29. The van der Waals surface area contributed by atoms with Gasteiger partial charge in [-0.3, -0.25) is 9.89 Å². The Morgan fingerprint density at radius 1 is 1.15 bits per heavy atom. The van der Waals surface area contributed by atoms with Crippen molar-refractivity contribution < 1.29 is 4.74 Å². The summed E-state index contributed by atoms with van der Waals surface area (Å²) in [7, 11) is 1.89. The molecule has 0 aliphatic carbocycles. The lowest BCUT2D eigenvalue weighted by molar-refractivity contribution is 0.0315. The largest absolute Gasteiger partial charge is 0.379 e. The second kappa shape index (κ2) is 9.07. The predicted octanol–water partition coefficient (Wildman–Crippen LogP) is 2.71. The molecule has 3 rings (SSSR count). The fourth-order valence-corrected chi connectivity index (χ4v) is 3.96. The van der Waals surface area contributed by atoms with Gasteiger partial charge in [-0.1, -0.05) is 45.0 Å². The van der Waals surface area contributed by atoms with Gasteiger partial charge in [0.1, 0.15) is 0 Å². The molecule has 1 atom stereocenters. The number of nitrogens with zero attached hydrogens (tertiary/aromatic N) is 3. The molecule has 5 nitrogen and oxygen atoms in total. The van der Waals surface area contributed by atoms with Crippen molar-refractivity contribution in [1.29, 1.82) is 0 Å². The van der Waals surface area contributed by atoms with Crippen molar-refractivity contribution in [2.24, 2.45) is 10.9 Å². The third kappa shape index (κ3) is 5.69. The molecule has 2 aliphatic rings. The molecule has 1 unspecified atom stereocenters. The molecule has 2 aliphatic heterocycles. The van der Waals surface area contributed by atoms with Gasteiger partial charge in [-0.05, 0) is 28.9 Å². The van der Waals surface area contributed by atoms with Gasteiger partial charge in [0.25, 0.3) is 0 Å². The van der Waals surface area contributed by atoms with Crippen LogP contribution in [-0.2, 0) is 16.7 Å². The van der Waals surface area contributed by atoms with E-state index in [1.54, 1.807) is 0 Å². The quantitative estimate of drug-likeness (QED) is 0.652. The topological polar surface area (TPSA) is 40.1 Å². The summed E-state index contributed by atoms with van der Waals surface area (Å²) >= 11 is 0. The fraction of sp³-hybridized carbons (Fsp3) is 0.682. The molecule has 0 saturated carbocycles. The highest BCUT2D eigenvalue weighted by atomic mass is 16.5. The zero-order valence-corrected chi connectivity index (χ0v) is 17.5. The minimum absolute atomic E-state index is 0.201. The molecule has 0 spiro atoms. The molecule has 0 amide bonds. The van der Waals surface area contributed by atoms with Crippen LogP contribution in [0, 0.1) is 5.92 Å². The van der Waals surface area contributed by atoms with Crippen molar-refractivity contribution in [3.8, 4) is 0 Å². The summed E-state index contributed by atoms with van der Waals surface area (Å²) in [6.07, 6.45) is 1.25. The number of rotatable bonds is 4. The van der Waals surface area contributed by atoms with E-state index in [-0.39, 0.29) is 5.41 Å². The summed E-state index contributed by atoms with van der Waals surface area (Å²) in [5, 5.41) is 3.55. The summed E-state index contributed by atoms with van der Waals surface area (Å²) in [4.78, 5) is 9.48. The molecular weight excluding hydrogens is 336 g/mol.